The zero-order chi connectivity index (χ0) is 13.2. The highest BCUT2D eigenvalue weighted by Crippen LogP contribution is 2.32. The maximum Gasteiger partial charge on any atom is 0.135 e. The molecule has 4 nitrogen and oxygen atoms in total. The standard InChI is InChI=1S/C14H24N4/c1-4-11-16-12(15)10(2)13(17-11)18-14(3)8-6-5-7-9-14/h4-9H2,1-3H3,(H3,15,16,17,18). The molecule has 1 aliphatic rings. The van der Waals surface area contributed by atoms with E-state index >= 15 is 0 Å². The van der Waals surface area contributed by atoms with Crippen LogP contribution in [0.1, 0.15) is 57.3 Å². The summed E-state index contributed by atoms with van der Waals surface area (Å²) in [6.45, 7) is 6.33. The van der Waals surface area contributed by atoms with Crippen LogP contribution < -0.4 is 11.1 Å². The highest BCUT2D eigenvalue weighted by molar-refractivity contribution is 5.56. The lowest BCUT2D eigenvalue weighted by Crippen LogP contribution is -2.37. The average Bonchev–Trinajstić information content (AvgIpc) is 2.35. The van der Waals surface area contributed by atoms with Crippen LogP contribution in [0.5, 0.6) is 0 Å². The van der Waals surface area contributed by atoms with Crippen molar-refractivity contribution < 1.29 is 0 Å². The van der Waals surface area contributed by atoms with Crippen LogP contribution in [0.3, 0.4) is 0 Å². The molecule has 4 heteroatoms. The van der Waals surface area contributed by atoms with Gasteiger partial charge < -0.3 is 11.1 Å². The van der Waals surface area contributed by atoms with E-state index in [1.807, 2.05) is 6.92 Å². The van der Waals surface area contributed by atoms with Crippen LogP contribution in [0.15, 0.2) is 0 Å². The Balaban J connectivity index is 2.24. The molecule has 0 aliphatic heterocycles. The fraction of sp³-hybridized carbons (Fsp3) is 0.714. The molecule has 0 atom stereocenters. The van der Waals surface area contributed by atoms with E-state index in [1.165, 1.54) is 32.1 Å². The normalized spacial score (nSPS) is 18.6. The van der Waals surface area contributed by atoms with Gasteiger partial charge in [-0.05, 0) is 26.7 Å². The number of nitrogens with one attached hydrogen (secondary N) is 1. The van der Waals surface area contributed by atoms with E-state index in [4.69, 9.17) is 5.73 Å². The molecule has 0 aromatic carbocycles. The van der Waals surface area contributed by atoms with Crippen molar-refractivity contribution in [2.45, 2.75) is 64.8 Å². The van der Waals surface area contributed by atoms with Gasteiger partial charge in [0, 0.05) is 17.5 Å². The quantitative estimate of drug-likeness (QED) is 0.863. The first-order valence-corrected chi connectivity index (χ1v) is 6.95. The van der Waals surface area contributed by atoms with Crippen LogP contribution in [-0.4, -0.2) is 15.5 Å². The zero-order valence-corrected chi connectivity index (χ0v) is 11.7. The number of rotatable bonds is 3. The summed E-state index contributed by atoms with van der Waals surface area (Å²) in [5, 5.41) is 3.61. The number of aryl methyl sites for hydroxylation is 1. The van der Waals surface area contributed by atoms with Gasteiger partial charge in [0.2, 0.25) is 0 Å². The SMILES string of the molecule is CCc1nc(N)c(C)c(NC2(C)CCCCC2)n1. The lowest BCUT2D eigenvalue weighted by molar-refractivity contribution is 0.348. The van der Waals surface area contributed by atoms with Crippen LogP contribution in [0.2, 0.25) is 0 Å². The molecule has 0 bridgehead atoms. The van der Waals surface area contributed by atoms with Crippen molar-refractivity contribution >= 4 is 11.6 Å². The average molecular weight is 248 g/mol. The molecule has 0 saturated heterocycles. The summed E-state index contributed by atoms with van der Waals surface area (Å²) in [4.78, 5) is 8.88. The van der Waals surface area contributed by atoms with E-state index in [-0.39, 0.29) is 5.54 Å². The number of hydrogen-bond acceptors (Lipinski definition) is 4. The molecule has 100 valence electrons. The smallest absolute Gasteiger partial charge is 0.135 e. The van der Waals surface area contributed by atoms with E-state index < -0.39 is 0 Å². The molecule has 1 aromatic rings. The lowest BCUT2D eigenvalue weighted by atomic mass is 9.83. The van der Waals surface area contributed by atoms with Gasteiger partial charge in [0.05, 0.1) is 0 Å². The summed E-state index contributed by atoms with van der Waals surface area (Å²) >= 11 is 0. The molecular weight excluding hydrogens is 224 g/mol. The molecule has 0 spiro atoms. The summed E-state index contributed by atoms with van der Waals surface area (Å²) in [5.41, 5.74) is 7.09. The van der Waals surface area contributed by atoms with Gasteiger partial charge in [-0.15, -0.1) is 0 Å². The van der Waals surface area contributed by atoms with Crippen LogP contribution in [-0.2, 0) is 6.42 Å². The number of aromatic nitrogens is 2. The molecular formula is C14H24N4. The predicted molar refractivity (Wildman–Crippen MR) is 75.7 cm³/mol. The van der Waals surface area contributed by atoms with E-state index in [0.717, 1.165) is 23.6 Å². The Labute approximate surface area is 109 Å². The molecule has 0 radical (unpaired) electrons. The number of hydrogen-bond donors (Lipinski definition) is 2. The monoisotopic (exact) mass is 248 g/mol. The Bertz CT molecular complexity index is 422. The van der Waals surface area contributed by atoms with Crippen LogP contribution in [0.25, 0.3) is 0 Å². The Morgan fingerprint density at radius 1 is 1.22 bits per heavy atom. The third-order valence-corrected chi connectivity index (χ3v) is 3.92. The van der Waals surface area contributed by atoms with Crippen molar-refractivity contribution in [3.05, 3.63) is 11.4 Å². The second-order valence-electron chi connectivity index (χ2n) is 5.60. The van der Waals surface area contributed by atoms with Gasteiger partial charge in [-0.1, -0.05) is 26.2 Å². The molecule has 3 N–H and O–H groups in total. The van der Waals surface area contributed by atoms with Gasteiger partial charge in [-0.25, -0.2) is 9.97 Å². The van der Waals surface area contributed by atoms with Gasteiger partial charge >= 0.3 is 0 Å². The summed E-state index contributed by atoms with van der Waals surface area (Å²) in [6, 6.07) is 0. The number of nitrogen functional groups attached to an aromatic ring is 1. The number of nitrogens with zero attached hydrogens (tertiary/aromatic N) is 2. The first-order valence-electron chi connectivity index (χ1n) is 6.95. The Morgan fingerprint density at radius 3 is 2.50 bits per heavy atom. The second kappa shape index (κ2) is 5.12. The summed E-state index contributed by atoms with van der Waals surface area (Å²) in [6.07, 6.45) is 7.17. The molecule has 2 rings (SSSR count). The van der Waals surface area contributed by atoms with E-state index in [0.29, 0.717) is 5.82 Å². The molecule has 1 heterocycles. The van der Waals surface area contributed by atoms with Crippen molar-refractivity contribution in [2.24, 2.45) is 0 Å². The molecule has 0 unspecified atom stereocenters. The van der Waals surface area contributed by atoms with Crippen molar-refractivity contribution in [3.63, 3.8) is 0 Å². The van der Waals surface area contributed by atoms with Gasteiger partial charge in [0.15, 0.2) is 0 Å². The molecule has 1 aliphatic carbocycles. The minimum Gasteiger partial charge on any atom is -0.383 e. The van der Waals surface area contributed by atoms with Gasteiger partial charge in [0.1, 0.15) is 17.5 Å². The Hall–Kier alpha value is -1.32. The molecule has 1 saturated carbocycles. The first kappa shape index (κ1) is 13.1. The molecule has 1 fully saturated rings. The minimum absolute atomic E-state index is 0.162. The molecule has 0 amide bonds. The van der Waals surface area contributed by atoms with Gasteiger partial charge in [-0.2, -0.15) is 0 Å². The molecule has 18 heavy (non-hydrogen) atoms. The predicted octanol–water partition coefficient (Wildman–Crippen LogP) is 3.06. The van der Waals surface area contributed by atoms with Crippen molar-refractivity contribution in [3.8, 4) is 0 Å². The highest BCUT2D eigenvalue weighted by atomic mass is 15.1. The summed E-state index contributed by atoms with van der Waals surface area (Å²) in [5.74, 6) is 2.34. The van der Waals surface area contributed by atoms with Crippen molar-refractivity contribution in [1.29, 1.82) is 0 Å². The Kier molecular flexibility index (Phi) is 3.73. The van der Waals surface area contributed by atoms with E-state index in [9.17, 15) is 0 Å². The van der Waals surface area contributed by atoms with E-state index in [1.54, 1.807) is 0 Å². The van der Waals surface area contributed by atoms with Crippen LogP contribution in [0.4, 0.5) is 11.6 Å². The van der Waals surface area contributed by atoms with Gasteiger partial charge in [-0.3, -0.25) is 0 Å². The topological polar surface area (TPSA) is 63.8 Å². The highest BCUT2D eigenvalue weighted by Gasteiger charge is 2.27. The number of anilines is 2. The maximum absolute atomic E-state index is 5.95. The van der Waals surface area contributed by atoms with Crippen molar-refractivity contribution in [1.82, 2.24) is 9.97 Å². The zero-order valence-electron chi connectivity index (χ0n) is 11.7. The largest absolute Gasteiger partial charge is 0.383 e. The third-order valence-electron chi connectivity index (χ3n) is 3.92. The summed E-state index contributed by atoms with van der Waals surface area (Å²) in [7, 11) is 0. The fourth-order valence-electron chi connectivity index (χ4n) is 2.60. The van der Waals surface area contributed by atoms with E-state index in [2.05, 4.69) is 29.1 Å². The van der Waals surface area contributed by atoms with Crippen LogP contribution in [0, 0.1) is 6.92 Å². The fourth-order valence-corrected chi connectivity index (χ4v) is 2.60. The minimum atomic E-state index is 0.162. The first-order chi connectivity index (χ1) is 8.54. The Morgan fingerprint density at radius 2 is 1.89 bits per heavy atom. The maximum atomic E-state index is 5.95. The number of nitrogens with two attached hydrogens (primary N) is 1. The van der Waals surface area contributed by atoms with Gasteiger partial charge in [0.25, 0.3) is 0 Å². The van der Waals surface area contributed by atoms with Crippen molar-refractivity contribution in [2.75, 3.05) is 11.1 Å². The molecule has 1 aromatic heterocycles. The van der Waals surface area contributed by atoms with Crippen LogP contribution >= 0.6 is 0 Å². The summed E-state index contributed by atoms with van der Waals surface area (Å²) < 4.78 is 0. The third kappa shape index (κ3) is 2.74. The second-order valence-corrected chi connectivity index (χ2v) is 5.60. The lowest BCUT2D eigenvalue weighted by Gasteiger charge is -2.35.